The third-order valence-electron chi connectivity index (χ3n) is 4.15. The van der Waals surface area contributed by atoms with Crippen LogP contribution in [0.5, 0.6) is 0 Å². The Kier molecular flexibility index (Phi) is 6.28. The zero-order valence-corrected chi connectivity index (χ0v) is 18.9. The number of nitrogens with zero attached hydrogens (tertiary/aromatic N) is 3. The van der Waals surface area contributed by atoms with Crippen molar-refractivity contribution in [3.05, 3.63) is 58.6 Å². The van der Waals surface area contributed by atoms with Gasteiger partial charge < -0.3 is 0 Å². The highest BCUT2D eigenvalue weighted by atomic mass is 79.9. The molecular weight excluding hydrogens is 462 g/mol. The van der Waals surface area contributed by atoms with Gasteiger partial charge in [-0.1, -0.05) is 36.9 Å². The summed E-state index contributed by atoms with van der Waals surface area (Å²) in [7, 11) is -0.578. The lowest BCUT2D eigenvalue weighted by Gasteiger charge is -2.17. The minimum absolute atomic E-state index is 0.139. The summed E-state index contributed by atoms with van der Waals surface area (Å²) in [6, 6.07) is 13.7. The van der Waals surface area contributed by atoms with Gasteiger partial charge in [0.1, 0.15) is 0 Å². The Balaban J connectivity index is 1.97. The predicted molar refractivity (Wildman–Crippen MR) is 117 cm³/mol. The van der Waals surface area contributed by atoms with Crippen LogP contribution in [-0.4, -0.2) is 54.6 Å². The first kappa shape index (κ1) is 21.0. The number of carbonyl (C=O) groups excluding carboxylic acids is 1. The number of thioether (sulfide) groups is 1. The maximum atomic E-state index is 13.0. The average Bonchev–Trinajstić information content (AvgIpc) is 3.02. The summed E-state index contributed by atoms with van der Waals surface area (Å²) in [4.78, 5) is 19.4. The second-order valence-corrected chi connectivity index (χ2v) is 10.9. The number of halogens is 1. The van der Waals surface area contributed by atoms with Crippen LogP contribution in [0.15, 0.2) is 62.9 Å². The second-order valence-electron chi connectivity index (χ2n) is 6.50. The lowest BCUT2D eigenvalue weighted by atomic mass is 10.2. The number of carbonyl (C=O) groups is 1. The molecule has 0 bridgehead atoms. The Labute approximate surface area is 177 Å². The summed E-state index contributed by atoms with van der Waals surface area (Å²) >= 11 is 4.92. The normalized spacial score (nSPS) is 18.8. The molecule has 3 rings (SSSR count). The molecule has 1 amide bonds. The molecule has 0 saturated carbocycles. The quantitative estimate of drug-likeness (QED) is 0.662. The van der Waals surface area contributed by atoms with E-state index in [0.717, 1.165) is 8.78 Å². The van der Waals surface area contributed by atoms with E-state index in [0.29, 0.717) is 23.0 Å². The van der Waals surface area contributed by atoms with Gasteiger partial charge in [0.05, 0.1) is 16.1 Å². The molecule has 1 saturated heterocycles. The van der Waals surface area contributed by atoms with E-state index < -0.39 is 10.0 Å². The minimum Gasteiger partial charge on any atom is -0.286 e. The van der Waals surface area contributed by atoms with Crippen molar-refractivity contribution in [2.45, 2.75) is 17.1 Å². The summed E-state index contributed by atoms with van der Waals surface area (Å²) in [5.41, 5.74) is 1.05. The molecule has 9 heteroatoms. The van der Waals surface area contributed by atoms with Gasteiger partial charge in [0.2, 0.25) is 10.0 Å². The highest BCUT2D eigenvalue weighted by Crippen LogP contribution is 2.31. The monoisotopic (exact) mass is 481 g/mol. The smallest absolute Gasteiger partial charge is 0.261 e. The van der Waals surface area contributed by atoms with Gasteiger partial charge in [-0.2, -0.15) is 0 Å². The summed E-state index contributed by atoms with van der Waals surface area (Å²) in [6.07, 6.45) is 0. The fourth-order valence-corrected chi connectivity index (χ4v) is 5.11. The van der Waals surface area contributed by atoms with Crippen LogP contribution in [0.4, 0.5) is 5.69 Å². The molecule has 1 heterocycles. The topological polar surface area (TPSA) is 70.0 Å². The molecule has 148 valence electrons. The highest BCUT2D eigenvalue weighted by Gasteiger charge is 2.32. The van der Waals surface area contributed by atoms with E-state index in [9.17, 15) is 13.2 Å². The summed E-state index contributed by atoms with van der Waals surface area (Å²) in [5, 5.41) is 0.756. The molecule has 1 aliphatic rings. The number of hydrogen-bond donors (Lipinski definition) is 0. The van der Waals surface area contributed by atoms with Crippen LogP contribution in [0.2, 0.25) is 0 Å². The van der Waals surface area contributed by atoms with E-state index in [1.807, 2.05) is 25.1 Å². The first-order valence-electron chi connectivity index (χ1n) is 8.54. The van der Waals surface area contributed by atoms with Crippen LogP contribution in [0.25, 0.3) is 0 Å². The molecule has 2 aromatic carbocycles. The molecular formula is C19H20BrN3O3S2. The lowest BCUT2D eigenvalue weighted by molar-refractivity contribution is 0.0854. The lowest BCUT2D eigenvalue weighted by Crippen LogP contribution is -2.32. The van der Waals surface area contributed by atoms with E-state index >= 15 is 0 Å². The number of benzene rings is 2. The standard InChI is InChI=1S/C19H20BrN3O3S2/c1-13-12-23(18(24)16-9-4-5-10-17(16)20)19(27-13)21-14-7-6-8-15(11-14)28(25,26)22(2)3/h4-11,13H,12H2,1-3H3. The number of amides is 1. The first-order chi connectivity index (χ1) is 13.2. The van der Waals surface area contributed by atoms with Gasteiger partial charge >= 0.3 is 0 Å². The van der Waals surface area contributed by atoms with E-state index in [1.54, 1.807) is 23.1 Å². The van der Waals surface area contributed by atoms with Crippen LogP contribution in [0, 0.1) is 0 Å². The second kappa shape index (κ2) is 8.36. The SMILES string of the molecule is CC1CN(C(=O)c2ccccc2Br)C(=Nc2cccc(S(=O)(=O)N(C)C)c2)S1. The van der Waals surface area contributed by atoms with Crippen LogP contribution in [-0.2, 0) is 10.0 Å². The fraction of sp³-hybridized carbons (Fsp3) is 0.263. The summed E-state index contributed by atoms with van der Waals surface area (Å²) in [5.74, 6) is -0.139. The van der Waals surface area contributed by atoms with Crippen LogP contribution in [0.1, 0.15) is 17.3 Å². The molecule has 0 aromatic heterocycles. The van der Waals surface area contributed by atoms with Crippen LogP contribution >= 0.6 is 27.7 Å². The van der Waals surface area contributed by atoms with E-state index in [1.165, 1.54) is 38.0 Å². The number of hydrogen-bond acceptors (Lipinski definition) is 5. The van der Waals surface area contributed by atoms with Gasteiger partial charge in [0.25, 0.3) is 5.91 Å². The highest BCUT2D eigenvalue weighted by molar-refractivity contribution is 9.10. The fourth-order valence-electron chi connectivity index (χ4n) is 2.69. The molecule has 28 heavy (non-hydrogen) atoms. The Morgan fingerprint density at radius 3 is 2.61 bits per heavy atom. The molecule has 1 fully saturated rings. The van der Waals surface area contributed by atoms with Gasteiger partial charge in [-0.25, -0.2) is 17.7 Å². The molecule has 0 N–H and O–H groups in total. The maximum Gasteiger partial charge on any atom is 0.261 e. The maximum absolute atomic E-state index is 13.0. The van der Waals surface area contributed by atoms with Gasteiger partial charge in [-0.3, -0.25) is 9.69 Å². The predicted octanol–water partition coefficient (Wildman–Crippen LogP) is 3.96. The van der Waals surface area contributed by atoms with Crippen molar-refractivity contribution in [2.24, 2.45) is 4.99 Å². The van der Waals surface area contributed by atoms with Gasteiger partial charge in [-0.05, 0) is 46.3 Å². The number of sulfonamides is 1. The molecule has 0 radical (unpaired) electrons. The van der Waals surface area contributed by atoms with E-state index in [-0.39, 0.29) is 16.1 Å². The molecule has 1 aliphatic heterocycles. The first-order valence-corrected chi connectivity index (χ1v) is 11.7. The van der Waals surface area contributed by atoms with Crippen molar-refractivity contribution >= 4 is 54.5 Å². The number of amidine groups is 1. The number of rotatable bonds is 4. The van der Waals surface area contributed by atoms with Gasteiger partial charge in [0, 0.05) is 30.4 Å². The zero-order chi connectivity index (χ0) is 20.5. The van der Waals surface area contributed by atoms with Gasteiger partial charge in [-0.15, -0.1) is 0 Å². The van der Waals surface area contributed by atoms with Crippen molar-refractivity contribution in [1.82, 2.24) is 9.21 Å². The van der Waals surface area contributed by atoms with E-state index in [2.05, 4.69) is 20.9 Å². The van der Waals surface area contributed by atoms with Gasteiger partial charge in [0.15, 0.2) is 5.17 Å². The average molecular weight is 482 g/mol. The molecule has 6 nitrogen and oxygen atoms in total. The van der Waals surface area contributed by atoms with Crippen molar-refractivity contribution < 1.29 is 13.2 Å². The summed E-state index contributed by atoms with van der Waals surface area (Å²) < 4.78 is 26.6. The molecule has 1 unspecified atom stereocenters. The Bertz CT molecular complexity index is 1040. The number of aliphatic imine (C=N–C) groups is 1. The van der Waals surface area contributed by atoms with Crippen molar-refractivity contribution in [2.75, 3.05) is 20.6 Å². The van der Waals surface area contributed by atoms with Crippen LogP contribution < -0.4 is 0 Å². The Hall–Kier alpha value is -1.68. The minimum atomic E-state index is -3.55. The van der Waals surface area contributed by atoms with E-state index in [4.69, 9.17) is 0 Å². The Morgan fingerprint density at radius 1 is 1.21 bits per heavy atom. The largest absolute Gasteiger partial charge is 0.286 e. The third-order valence-corrected chi connectivity index (χ3v) is 7.72. The molecule has 0 aliphatic carbocycles. The van der Waals surface area contributed by atoms with Crippen LogP contribution in [0.3, 0.4) is 0 Å². The van der Waals surface area contributed by atoms with Crippen molar-refractivity contribution in [3.63, 3.8) is 0 Å². The third kappa shape index (κ3) is 4.32. The zero-order valence-electron chi connectivity index (χ0n) is 15.7. The molecule has 0 spiro atoms. The Morgan fingerprint density at radius 2 is 1.93 bits per heavy atom. The summed E-state index contributed by atoms with van der Waals surface area (Å²) in [6.45, 7) is 2.57. The molecule has 2 aromatic rings. The van der Waals surface area contributed by atoms with Crippen molar-refractivity contribution in [3.8, 4) is 0 Å². The molecule has 1 atom stereocenters. The van der Waals surface area contributed by atoms with Crippen molar-refractivity contribution in [1.29, 1.82) is 0 Å².